The Morgan fingerprint density at radius 3 is 2.25 bits per heavy atom. The standard InChI is InChI=1S/C16H15Cl2N3O4S3/c1-3-5-11(10-19-2)27(22,23)20-14-8-12(17)13(18)9-15(14)21-28(24,25)16-6-4-7-26-16/h3-10,20-21H,2H2,1H3/b5-3-,11-10+. The first-order chi connectivity index (χ1) is 13.1. The van der Waals surface area contributed by atoms with Crippen molar-refractivity contribution in [2.75, 3.05) is 9.44 Å². The molecule has 0 saturated carbocycles. The second kappa shape index (κ2) is 9.10. The molecule has 0 aliphatic rings. The predicted molar refractivity (Wildman–Crippen MR) is 117 cm³/mol. The van der Waals surface area contributed by atoms with E-state index in [9.17, 15) is 16.8 Å². The summed E-state index contributed by atoms with van der Waals surface area (Å²) in [5, 5.41) is 1.69. The van der Waals surface area contributed by atoms with Crippen molar-refractivity contribution < 1.29 is 16.8 Å². The van der Waals surface area contributed by atoms with E-state index in [-0.39, 0.29) is 30.5 Å². The molecule has 0 bridgehead atoms. The molecule has 0 amide bonds. The van der Waals surface area contributed by atoms with E-state index in [1.165, 1.54) is 30.4 Å². The number of thiophene rings is 1. The van der Waals surface area contributed by atoms with Gasteiger partial charge >= 0.3 is 0 Å². The van der Waals surface area contributed by atoms with Crippen molar-refractivity contribution in [3.05, 3.63) is 62.9 Å². The van der Waals surface area contributed by atoms with Crippen LogP contribution in [-0.4, -0.2) is 23.6 Å². The normalized spacial score (nSPS) is 12.9. The highest BCUT2D eigenvalue weighted by Crippen LogP contribution is 2.35. The Labute approximate surface area is 177 Å². The summed E-state index contributed by atoms with van der Waals surface area (Å²) in [6, 6.07) is 5.42. The zero-order chi connectivity index (χ0) is 20.9. The van der Waals surface area contributed by atoms with Gasteiger partial charge in [0.2, 0.25) is 0 Å². The lowest BCUT2D eigenvalue weighted by Gasteiger charge is -2.15. The first kappa shape index (κ1) is 22.4. The summed E-state index contributed by atoms with van der Waals surface area (Å²) in [7, 11) is -8.05. The Morgan fingerprint density at radius 1 is 1.14 bits per heavy atom. The highest BCUT2D eigenvalue weighted by atomic mass is 35.5. The number of aliphatic imine (C=N–C) groups is 1. The highest BCUT2D eigenvalue weighted by molar-refractivity contribution is 7.96. The van der Waals surface area contributed by atoms with Crippen molar-refractivity contribution >= 4 is 72.7 Å². The van der Waals surface area contributed by atoms with E-state index in [4.69, 9.17) is 23.2 Å². The molecule has 1 aromatic carbocycles. The molecule has 2 N–H and O–H groups in total. The van der Waals surface area contributed by atoms with Crippen LogP contribution in [0.25, 0.3) is 0 Å². The highest BCUT2D eigenvalue weighted by Gasteiger charge is 2.22. The Morgan fingerprint density at radius 2 is 1.75 bits per heavy atom. The topological polar surface area (TPSA) is 105 Å². The van der Waals surface area contributed by atoms with E-state index in [1.807, 2.05) is 0 Å². The molecule has 0 radical (unpaired) electrons. The number of sulfonamides is 2. The number of benzene rings is 1. The van der Waals surface area contributed by atoms with Crippen molar-refractivity contribution in [3.8, 4) is 0 Å². The molecule has 2 rings (SSSR count). The van der Waals surface area contributed by atoms with Gasteiger partial charge in [-0.05, 0) is 43.3 Å². The number of hydrogen-bond donors (Lipinski definition) is 2. The Hall–Kier alpha value is -1.85. The third kappa shape index (κ3) is 5.36. The maximum atomic E-state index is 12.7. The van der Waals surface area contributed by atoms with Gasteiger partial charge in [0.1, 0.15) is 9.11 Å². The number of allylic oxidation sites excluding steroid dienone is 2. The number of nitrogens with one attached hydrogen (secondary N) is 2. The van der Waals surface area contributed by atoms with Crippen molar-refractivity contribution in [2.24, 2.45) is 4.99 Å². The summed E-state index contributed by atoms with van der Waals surface area (Å²) in [6.07, 6.45) is 3.87. The predicted octanol–water partition coefficient (Wildman–Crippen LogP) is 4.72. The van der Waals surface area contributed by atoms with Gasteiger partial charge in [0.25, 0.3) is 20.0 Å². The molecular formula is C16H15Cl2N3O4S3. The first-order valence-electron chi connectivity index (χ1n) is 7.47. The Bertz CT molecular complexity index is 1140. The molecule has 0 aliphatic heterocycles. The van der Waals surface area contributed by atoms with E-state index < -0.39 is 20.0 Å². The molecule has 2 aromatic rings. The second-order valence-electron chi connectivity index (χ2n) is 5.17. The van der Waals surface area contributed by atoms with Gasteiger partial charge in [-0.25, -0.2) is 16.8 Å². The van der Waals surface area contributed by atoms with Crippen LogP contribution in [0.15, 0.2) is 62.1 Å². The summed E-state index contributed by atoms with van der Waals surface area (Å²) in [4.78, 5) is 3.29. The van der Waals surface area contributed by atoms with E-state index in [0.717, 1.165) is 17.5 Å². The van der Waals surface area contributed by atoms with Crippen LogP contribution in [-0.2, 0) is 20.0 Å². The number of anilines is 2. The summed E-state index contributed by atoms with van der Waals surface area (Å²) in [5.74, 6) is 0. The second-order valence-corrected chi connectivity index (χ2v) is 10.5. The van der Waals surface area contributed by atoms with E-state index in [2.05, 4.69) is 21.2 Å². The van der Waals surface area contributed by atoms with Crippen LogP contribution in [0.3, 0.4) is 0 Å². The zero-order valence-corrected chi connectivity index (χ0v) is 18.3. The van der Waals surface area contributed by atoms with Gasteiger partial charge in [-0.15, -0.1) is 11.3 Å². The fraction of sp³-hybridized carbons (Fsp3) is 0.0625. The summed E-state index contributed by atoms with van der Waals surface area (Å²) in [5.41, 5.74) is -0.188. The van der Waals surface area contributed by atoms with Crippen LogP contribution in [0.2, 0.25) is 10.0 Å². The Balaban J connectivity index is 2.52. The molecular weight excluding hydrogens is 465 g/mol. The van der Waals surface area contributed by atoms with E-state index in [0.29, 0.717) is 0 Å². The smallest absolute Gasteiger partial charge is 0.271 e. The lowest BCUT2D eigenvalue weighted by molar-refractivity contribution is 0.602. The largest absolute Gasteiger partial charge is 0.277 e. The third-order valence-electron chi connectivity index (χ3n) is 3.17. The first-order valence-corrected chi connectivity index (χ1v) is 12.1. The minimum atomic E-state index is -4.10. The average molecular weight is 480 g/mol. The van der Waals surface area contributed by atoms with Gasteiger partial charge in [-0.3, -0.25) is 14.4 Å². The summed E-state index contributed by atoms with van der Waals surface area (Å²) in [6.45, 7) is 4.87. The van der Waals surface area contributed by atoms with E-state index >= 15 is 0 Å². The number of halogens is 2. The number of nitrogens with zero attached hydrogens (tertiary/aromatic N) is 1. The van der Waals surface area contributed by atoms with E-state index in [1.54, 1.807) is 18.4 Å². The van der Waals surface area contributed by atoms with Crippen LogP contribution >= 0.6 is 34.5 Å². The van der Waals surface area contributed by atoms with Gasteiger partial charge < -0.3 is 0 Å². The fourth-order valence-electron chi connectivity index (χ4n) is 1.99. The average Bonchev–Trinajstić information content (AvgIpc) is 3.14. The molecule has 0 aliphatic carbocycles. The lowest BCUT2D eigenvalue weighted by Crippen LogP contribution is -2.18. The van der Waals surface area contributed by atoms with Crippen LogP contribution in [0.4, 0.5) is 11.4 Å². The van der Waals surface area contributed by atoms with Crippen molar-refractivity contribution in [2.45, 2.75) is 11.1 Å². The van der Waals surface area contributed by atoms with Gasteiger partial charge in [0.05, 0.1) is 21.4 Å². The number of rotatable bonds is 8. The molecule has 1 heterocycles. The SMILES string of the molecule is C=N/C=C(\C=C/C)S(=O)(=O)Nc1cc(Cl)c(Cl)cc1NS(=O)(=O)c1cccs1. The molecule has 28 heavy (non-hydrogen) atoms. The molecule has 0 spiro atoms. The monoisotopic (exact) mass is 479 g/mol. The van der Waals surface area contributed by atoms with Crippen LogP contribution in [0, 0.1) is 0 Å². The molecule has 12 heteroatoms. The zero-order valence-electron chi connectivity index (χ0n) is 14.4. The van der Waals surface area contributed by atoms with Gasteiger partial charge in [0.15, 0.2) is 0 Å². The van der Waals surface area contributed by atoms with Gasteiger partial charge in [0, 0.05) is 6.20 Å². The van der Waals surface area contributed by atoms with Crippen molar-refractivity contribution in [1.82, 2.24) is 0 Å². The molecule has 0 atom stereocenters. The molecule has 1 aromatic heterocycles. The summed E-state index contributed by atoms with van der Waals surface area (Å²) < 4.78 is 55.0. The van der Waals surface area contributed by atoms with Crippen LogP contribution < -0.4 is 9.44 Å². The molecule has 0 fully saturated rings. The van der Waals surface area contributed by atoms with Gasteiger partial charge in [-0.1, -0.05) is 35.3 Å². The minimum absolute atomic E-state index is 0.0387. The third-order valence-corrected chi connectivity index (χ3v) is 8.00. The van der Waals surface area contributed by atoms with Crippen LogP contribution in [0.5, 0.6) is 0 Å². The Kier molecular flexibility index (Phi) is 7.29. The minimum Gasteiger partial charge on any atom is -0.277 e. The molecule has 150 valence electrons. The van der Waals surface area contributed by atoms with Crippen molar-refractivity contribution in [1.29, 1.82) is 0 Å². The fourth-order valence-corrected chi connectivity index (χ4v) is 5.48. The summed E-state index contributed by atoms with van der Waals surface area (Å²) >= 11 is 13.0. The van der Waals surface area contributed by atoms with Crippen molar-refractivity contribution in [3.63, 3.8) is 0 Å². The van der Waals surface area contributed by atoms with Gasteiger partial charge in [-0.2, -0.15) is 0 Å². The lowest BCUT2D eigenvalue weighted by atomic mass is 10.3. The number of hydrogen-bond acceptors (Lipinski definition) is 6. The quantitative estimate of drug-likeness (QED) is 0.422. The molecule has 0 unspecified atom stereocenters. The van der Waals surface area contributed by atoms with Crippen LogP contribution in [0.1, 0.15) is 6.92 Å². The molecule has 7 nitrogen and oxygen atoms in total. The maximum absolute atomic E-state index is 12.7. The maximum Gasteiger partial charge on any atom is 0.271 e. The molecule has 0 saturated heterocycles.